The lowest BCUT2D eigenvalue weighted by Crippen LogP contribution is -2.58. The van der Waals surface area contributed by atoms with Gasteiger partial charge in [-0.05, 0) is 49.4 Å². The van der Waals surface area contributed by atoms with Gasteiger partial charge in [0.05, 0.1) is 25.4 Å². The highest BCUT2D eigenvalue weighted by Crippen LogP contribution is 2.43. The van der Waals surface area contributed by atoms with Crippen LogP contribution in [0.25, 0.3) is 0 Å². The van der Waals surface area contributed by atoms with Gasteiger partial charge in [0.1, 0.15) is 6.10 Å². The van der Waals surface area contributed by atoms with E-state index in [1.54, 1.807) is 0 Å². The number of hydrogen-bond acceptors (Lipinski definition) is 4. The molecule has 0 amide bonds. The summed E-state index contributed by atoms with van der Waals surface area (Å²) >= 11 is 0. The molecule has 2 heterocycles. The fourth-order valence-electron chi connectivity index (χ4n) is 4.07. The van der Waals surface area contributed by atoms with Gasteiger partial charge in [-0.15, -0.1) is 6.58 Å². The normalized spacial score (nSPS) is 29.0. The van der Waals surface area contributed by atoms with Gasteiger partial charge in [-0.2, -0.15) is 0 Å². The van der Waals surface area contributed by atoms with E-state index in [1.165, 1.54) is 5.56 Å². The minimum Gasteiger partial charge on any atom is -0.408 e. The fraction of sp³-hybridized carbons (Fsp3) is 0.680. The van der Waals surface area contributed by atoms with Crippen molar-refractivity contribution in [2.24, 2.45) is 0 Å². The fourth-order valence-corrected chi connectivity index (χ4v) is 5.35. The third kappa shape index (κ3) is 5.43. The van der Waals surface area contributed by atoms with E-state index in [-0.39, 0.29) is 23.4 Å². The van der Waals surface area contributed by atoms with Crippen LogP contribution < -0.4 is 0 Å². The van der Waals surface area contributed by atoms with Gasteiger partial charge in [-0.3, -0.25) is 0 Å². The van der Waals surface area contributed by atoms with Crippen molar-refractivity contribution in [3.63, 3.8) is 0 Å². The molecule has 2 aliphatic heterocycles. The lowest BCUT2D eigenvalue weighted by molar-refractivity contribution is -0.348. The SMILES string of the molecule is C=C[C@H](O[Si](C)(C)C(C)(C)C)[C@H]1CC[C@H](OCc2ccccc2)[C@]2(CCCCO2)O1. The Bertz CT molecular complexity index is 676. The molecular formula is C25H40O4Si. The largest absolute Gasteiger partial charge is 0.408 e. The second-order valence-corrected chi connectivity index (χ2v) is 15.0. The molecule has 0 aromatic heterocycles. The third-order valence-electron chi connectivity index (χ3n) is 6.95. The van der Waals surface area contributed by atoms with Gasteiger partial charge in [-0.25, -0.2) is 0 Å². The molecular weight excluding hydrogens is 392 g/mol. The van der Waals surface area contributed by atoms with Crippen LogP contribution >= 0.6 is 0 Å². The van der Waals surface area contributed by atoms with Crippen molar-refractivity contribution in [1.82, 2.24) is 0 Å². The molecule has 3 rings (SSSR count). The van der Waals surface area contributed by atoms with Crippen molar-refractivity contribution in [2.45, 2.75) is 102 Å². The quantitative estimate of drug-likeness (QED) is 0.378. The summed E-state index contributed by atoms with van der Waals surface area (Å²) in [5.74, 6) is -0.673. The average Bonchev–Trinajstić information content (AvgIpc) is 2.71. The van der Waals surface area contributed by atoms with E-state index >= 15 is 0 Å². The second-order valence-electron chi connectivity index (χ2n) is 10.2. The number of rotatable bonds is 7. The maximum atomic E-state index is 6.71. The first-order valence-corrected chi connectivity index (χ1v) is 14.4. The molecule has 4 atom stereocenters. The Morgan fingerprint density at radius 3 is 2.53 bits per heavy atom. The summed E-state index contributed by atoms with van der Waals surface area (Å²) in [5, 5.41) is 0.142. The summed E-state index contributed by atoms with van der Waals surface area (Å²) < 4.78 is 26.1. The molecule has 2 aliphatic rings. The van der Waals surface area contributed by atoms with Crippen molar-refractivity contribution >= 4 is 8.32 Å². The molecule has 4 nitrogen and oxygen atoms in total. The van der Waals surface area contributed by atoms with Gasteiger partial charge in [-0.1, -0.05) is 57.2 Å². The van der Waals surface area contributed by atoms with Crippen LogP contribution in [0.4, 0.5) is 0 Å². The number of hydrogen-bond donors (Lipinski definition) is 0. The van der Waals surface area contributed by atoms with Crippen LogP contribution in [0.5, 0.6) is 0 Å². The average molecular weight is 433 g/mol. The highest BCUT2D eigenvalue weighted by molar-refractivity contribution is 6.74. The highest BCUT2D eigenvalue weighted by Gasteiger charge is 2.50. The molecule has 2 saturated heterocycles. The van der Waals surface area contributed by atoms with Crippen LogP contribution in [-0.4, -0.2) is 39.0 Å². The maximum absolute atomic E-state index is 6.71. The van der Waals surface area contributed by atoms with E-state index in [2.05, 4.69) is 52.6 Å². The zero-order chi connectivity index (χ0) is 21.8. The molecule has 0 N–H and O–H groups in total. The summed E-state index contributed by atoms with van der Waals surface area (Å²) in [6, 6.07) is 10.3. The first-order chi connectivity index (χ1) is 14.2. The molecule has 30 heavy (non-hydrogen) atoms. The van der Waals surface area contributed by atoms with E-state index < -0.39 is 14.1 Å². The topological polar surface area (TPSA) is 36.9 Å². The molecule has 0 aliphatic carbocycles. The molecule has 2 fully saturated rings. The van der Waals surface area contributed by atoms with Crippen LogP contribution in [0.3, 0.4) is 0 Å². The Kier molecular flexibility index (Phi) is 7.62. The molecule has 0 saturated carbocycles. The number of benzene rings is 1. The van der Waals surface area contributed by atoms with Gasteiger partial charge < -0.3 is 18.6 Å². The van der Waals surface area contributed by atoms with Gasteiger partial charge in [0.2, 0.25) is 0 Å². The summed E-state index contributed by atoms with van der Waals surface area (Å²) in [5.41, 5.74) is 1.18. The Hall–Kier alpha value is -0.983. The second kappa shape index (κ2) is 9.66. The molecule has 0 bridgehead atoms. The monoisotopic (exact) mass is 432 g/mol. The van der Waals surface area contributed by atoms with E-state index in [4.69, 9.17) is 18.6 Å². The van der Waals surface area contributed by atoms with Crippen LogP contribution in [0.1, 0.15) is 58.4 Å². The summed E-state index contributed by atoms with van der Waals surface area (Å²) in [4.78, 5) is 0. The van der Waals surface area contributed by atoms with E-state index in [9.17, 15) is 0 Å². The van der Waals surface area contributed by atoms with Crippen molar-refractivity contribution in [1.29, 1.82) is 0 Å². The zero-order valence-electron chi connectivity index (χ0n) is 19.5. The lowest BCUT2D eigenvalue weighted by atomic mass is 9.90. The number of ether oxygens (including phenoxy) is 3. The van der Waals surface area contributed by atoms with Crippen molar-refractivity contribution in [3.05, 3.63) is 48.6 Å². The summed E-state index contributed by atoms with van der Waals surface area (Å²) in [6.45, 7) is 16.7. The molecule has 1 spiro atoms. The van der Waals surface area contributed by atoms with Gasteiger partial charge in [0.15, 0.2) is 14.1 Å². The summed E-state index contributed by atoms with van der Waals surface area (Å²) in [6.07, 6.45) is 6.52. The van der Waals surface area contributed by atoms with Crippen LogP contribution in [-0.2, 0) is 25.2 Å². The predicted octanol–water partition coefficient (Wildman–Crippen LogP) is 6.22. The van der Waals surface area contributed by atoms with E-state index in [1.807, 2.05) is 24.3 Å². The molecule has 168 valence electrons. The third-order valence-corrected chi connectivity index (χ3v) is 11.4. The Morgan fingerprint density at radius 1 is 1.20 bits per heavy atom. The van der Waals surface area contributed by atoms with E-state index in [0.717, 1.165) is 38.7 Å². The van der Waals surface area contributed by atoms with Crippen LogP contribution in [0, 0.1) is 0 Å². The molecule has 0 unspecified atom stereocenters. The minimum atomic E-state index is -1.93. The van der Waals surface area contributed by atoms with Gasteiger partial charge in [0.25, 0.3) is 0 Å². The van der Waals surface area contributed by atoms with Crippen LogP contribution in [0.15, 0.2) is 43.0 Å². The molecule has 0 radical (unpaired) electrons. The first-order valence-electron chi connectivity index (χ1n) is 11.4. The Morgan fingerprint density at radius 2 is 1.93 bits per heavy atom. The minimum absolute atomic E-state index is 0.0497. The Labute approximate surface area is 184 Å². The van der Waals surface area contributed by atoms with Gasteiger partial charge in [0, 0.05) is 6.42 Å². The van der Waals surface area contributed by atoms with Crippen molar-refractivity contribution < 1.29 is 18.6 Å². The maximum Gasteiger partial charge on any atom is 0.195 e. The van der Waals surface area contributed by atoms with E-state index in [0.29, 0.717) is 6.61 Å². The molecule has 5 heteroatoms. The van der Waals surface area contributed by atoms with Crippen molar-refractivity contribution in [3.8, 4) is 0 Å². The smallest absolute Gasteiger partial charge is 0.195 e. The van der Waals surface area contributed by atoms with Crippen LogP contribution in [0.2, 0.25) is 18.1 Å². The molecule has 1 aromatic rings. The van der Waals surface area contributed by atoms with Crippen molar-refractivity contribution in [2.75, 3.05) is 6.61 Å². The first kappa shape index (κ1) is 23.7. The summed E-state index contributed by atoms with van der Waals surface area (Å²) in [7, 11) is -1.93. The zero-order valence-corrected chi connectivity index (χ0v) is 20.5. The van der Waals surface area contributed by atoms with Gasteiger partial charge >= 0.3 is 0 Å². The predicted molar refractivity (Wildman–Crippen MR) is 124 cm³/mol. The standard InChI is InChI=1S/C25H40O4Si/c1-7-21(29-30(5,6)24(2,3)4)22-15-16-23(25(28-22)17-11-12-18-27-25)26-19-20-13-9-8-10-14-20/h7-10,13-14,21-23H,1,11-12,15-19H2,2-6H3/t21-,22+,23-,25-/m0/s1. The lowest BCUT2D eigenvalue weighted by Gasteiger charge is -2.50. The Balaban J connectivity index is 1.72. The highest BCUT2D eigenvalue weighted by atomic mass is 28.4. The molecule has 1 aromatic carbocycles.